The summed E-state index contributed by atoms with van der Waals surface area (Å²) in [6, 6.07) is 14.3. The van der Waals surface area contributed by atoms with E-state index < -0.39 is 0 Å². The highest BCUT2D eigenvalue weighted by Crippen LogP contribution is 2.44. The number of aliphatic hydroxyl groups excluding tert-OH is 1. The minimum atomic E-state index is -0.372. The summed E-state index contributed by atoms with van der Waals surface area (Å²) >= 11 is 6.07. The van der Waals surface area contributed by atoms with E-state index >= 15 is 0 Å². The van der Waals surface area contributed by atoms with Crippen LogP contribution in [0.25, 0.3) is 0 Å². The van der Waals surface area contributed by atoms with E-state index in [9.17, 15) is 5.11 Å². The van der Waals surface area contributed by atoms with E-state index in [1.807, 2.05) is 18.2 Å². The van der Waals surface area contributed by atoms with Crippen molar-refractivity contribution in [2.75, 3.05) is 0 Å². The van der Waals surface area contributed by atoms with E-state index in [0.717, 1.165) is 17.0 Å². The van der Waals surface area contributed by atoms with Crippen molar-refractivity contribution >= 4 is 11.6 Å². The summed E-state index contributed by atoms with van der Waals surface area (Å²) < 4.78 is 0. The minimum Gasteiger partial charge on any atom is -0.388 e. The Labute approximate surface area is 112 Å². The maximum absolute atomic E-state index is 10.1. The van der Waals surface area contributed by atoms with Gasteiger partial charge in [0.1, 0.15) is 0 Å². The zero-order valence-corrected chi connectivity index (χ0v) is 11.0. The second-order valence-electron chi connectivity index (χ2n) is 4.99. The van der Waals surface area contributed by atoms with Gasteiger partial charge in [0.2, 0.25) is 0 Å². The van der Waals surface area contributed by atoms with E-state index in [1.165, 1.54) is 16.7 Å². The highest BCUT2D eigenvalue weighted by molar-refractivity contribution is 6.30. The highest BCUT2D eigenvalue weighted by Gasteiger charge is 2.30. The lowest BCUT2D eigenvalue weighted by molar-refractivity contribution is 0.176. The van der Waals surface area contributed by atoms with Crippen LogP contribution in [0.4, 0.5) is 0 Å². The molecule has 0 aliphatic heterocycles. The molecule has 0 saturated carbocycles. The molecule has 0 amide bonds. The molecular weight excluding hydrogens is 244 g/mol. The van der Waals surface area contributed by atoms with Gasteiger partial charge in [-0.1, -0.05) is 47.5 Å². The van der Waals surface area contributed by atoms with Crippen LogP contribution in [0, 0.1) is 6.92 Å². The van der Waals surface area contributed by atoms with Gasteiger partial charge in [0.05, 0.1) is 6.10 Å². The molecule has 1 nitrogen and oxygen atoms in total. The number of aryl methyl sites for hydroxylation is 1. The van der Waals surface area contributed by atoms with Crippen molar-refractivity contribution in [3.63, 3.8) is 0 Å². The molecule has 2 unspecified atom stereocenters. The average Bonchev–Trinajstić information content (AvgIpc) is 2.67. The van der Waals surface area contributed by atoms with Crippen LogP contribution >= 0.6 is 11.6 Å². The van der Waals surface area contributed by atoms with Crippen LogP contribution < -0.4 is 0 Å². The van der Waals surface area contributed by atoms with Crippen molar-refractivity contribution in [3.8, 4) is 0 Å². The summed E-state index contributed by atoms with van der Waals surface area (Å²) in [6.45, 7) is 2.08. The Hall–Kier alpha value is -1.31. The number of benzene rings is 2. The van der Waals surface area contributed by atoms with Gasteiger partial charge in [-0.3, -0.25) is 0 Å². The predicted octanol–water partition coefficient (Wildman–Crippen LogP) is 4.22. The molecule has 1 aliphatic carbocycles. The Kier molecular flexibility index (Phi) is 2.89. The monoisotopic (exact) mass is 258 g/mol. The van der Waals surface area contributed by atoms with Gasteiger partial charge in [-0.15, -0.1) is 0 Å². The van der Waals surface area contributed by atoms with Gasteiger partial charge in [0.25, 0.3) is 0 Å². The van der Waals surface area contributed by atoms with Gasteiger partial charge >= 0.3 is 0 Å². The van der Waals surface area contributed by atoms with Crippen molar-refractivity contribution < 1.29 is 5.11 Å². The number of hydrogen-bond acceptors (Lipinski definition) is 1. The van der Waals surface area contributed by atoms with Crippen LogP contribution in [0.3, 0.4) is 0 Å². The fourth-order valence-corrected chi connectivity index (χ4v) is 2.92. The highest BCUT2D eigenvalue weighted by atomic mass is 35.5. The molecule has 0 fully saturated rings. The van der Waals surface area contributed by atoms with E-state index in [0.29, 0.717) is 0 Å². The lowest BCUT2D eigenvalue weighted by Gasteiger charge is -2.12. The average molecular weight is 259 g/mol. The normalized spacial score (nSPS) is 21.9. The lowest BCUT2D eigenvalue weighted by Crippen LogP contribution is -1.96. The van der Waals surface area contributed by atoms with Gasteiger partial charge in [0, 0.05) is 10.9 Å². The van der Waals surface area contributed by atoms with Crippen molar-refractivity contribution in [3.05, 3.63) is 69.7 Å². The molecule has 2 aromatic rings. The first kappa shape index (κ1) is 11.8. The molecule has 2 atom stereocenters. The molecule has 1 N–H and O–H groups in total. The lowest BCUT2D eigenvalue weighted by atomic mass is 9.92. The molecule has 0 heterocycles. The largest absolute Gasteiger partial charge is 0.388 e. The van der Waals surface area contributed by atoms with Crippen LogP contribution in [0.5, 0.6) is 0 Å². The van der Waals surface area contributed by atoms with Crippen molar-refractivity contribution in [2.24, 2.45) is 0 Å². The van der Waals surface area contributed by atoms with Crippen LogP contribution in [0.1, 0.15) is 40.7 Å². The summed E-state index contributed by atoms with van der Waals surface area (Å²) in [4.78, 5) is 0. The third kappa shape index (κ3) is 1.94. The van der Waals surface area contributed by atoms with Crippen LogP contribution in [-0.4, -0.2) is 5.11 Å². The van der Waals surface area contributed by atoms with Crippen LogP contribution in [0.15, 0.2) is 42.5 Å². The maximum atomic E-state index is 10.1. The zero-order chi connectivity index (χ0) is 12.7. The molecule has 2 heteroatoms. The molecule has 0 bridgehead atoms. The first-order valence-corrected chi connectivity index (χ1v) is 6.57. The minimum absolute atomic E-state index is 0.259. The van der Waals surface area contributed by atoms with Gasteiger partial charge in [0.15, 0.2) is 0 Å². The smallest absolute Gasteiger partial charge is 0.0802 e. The van der Waals surface area contributed by atoms with Crippen molar-refractivity contribution in [1.82, 2.24) is 0 Å². The second-order valence-corrected chi connectivity index (χ2v) is 5.42. The van der Waals surface area contributed by atoms with E-state index in [-0.39, 0.29) is 12.0 Å². The third-order valence-electron chi connectivity index (χ3n) is 3.72. The molecule has 18 heavy (non-hydrogen) atoms. The SMILES string of the molecule is Cc1ccc(C2CC(O)c3ccc(Cl)cc32)cc1. The third-order valence-corrected chi connectivity index (χ3v) is 3.96. The molecule has 1 aliphatic rings. The zero-order valence-electron chi connectivity index (χ0n) is 10.2. The first-order valence-electron chi connectivity index (χ1n) is 6.19. The van der Waals surface area contributed by atoms with E-state index in [4.69, 9.17) is 11.6 Å². The molecule has 92 valence electrons. The Balaban J connectivity index is 2.06. The van der Waals surface area contributed by atoms with E-state index in [1.54, 1.807) is 0 Å². The predicted molar refractivity (Wildman–Crippen MR) is 74.1 cm³/mol. The number of hydrogen-bond donors (Lipinski definition) is 1. The molecule has 0 aromatic heterocycles. The van der Waals surface area contributed by atoms with Crippen LogP contribution in [0.2, 0.25) is 5.02 Å². The molecule has 3 rings (SSSR count). The quantitative estimate of drug-likeness (QED) is 0.812. The summed E-state index contributed by atoms with van der Waals surface area (Å²) in [5, 5.41) is 10.9. The number of rotatable bonds is 1. The molecule has 0 saturated heterocycles. The Morgan fingerprint density at radius 1 is 1.06 bits per heavy atom. The Bertz CT molecular complexity index is 574. The maximum Gasteiger partial charge on any atom is 0.0802 e. The molecule has 0 radical (unpaired) electrons. The molecular formula is C16H15ClO. The van der Waals surface area contributed by atoms with E-state index in [2.05, 4.69) is 31.2 Å². The van der Waals surface area contributed by atoms with Crippen molar-refractivity contribution in [2.45, 2.75) is 25.4 Å². The van der Waals surface area contributed by atoms with Crippen LogP contribution in [-0.2, 0) is 0 Å². The topological polar surface area (TPSA) is 20.2 Å². The van der Waals surface area contributed by atoms with Crippen molar-refractivity contribution in [1.29, 1.82) is 0 Å². The summed E-state index contributed by atoms with van der Waals surface area (Å²) in [7, 11) is 0. The second kappa shape index (κ2) is 4.42. The summed E-state index contributed by atoms with van der Waals surface area (Å²) in [5.74, 6) is 0.259. The standard InChI is InChI=1S/C16H15ClO/c1-10-2-4-11(5-3-10)14-9-16(18)13-7-6-12(17)8-15(13)14/h2-8,14,16,18H,9H2,1H3. The first-order chi connectivity index (χ1) is 8.65. The molecule has 0 spiro atoms. The van der Waals surface area contributed by atoms with Gasteiger partial charge in [-0.05, 0) is 42.2 Å². The van der Waals surface area contributed by atoms with Gasteiger partial charge in [-0.2, -0.15) is 0 Å². The fraction of sp³-hybridized carbons (Fsp3) is 0.250. The fourth-order valence-electron chi connectivity index (χ4n) is 2.74. The number of aliphatic hydroxyl groups is 1. The van der Waals surface area contributed by atoms with Gasteiger partial charge in [-0.25, -0.2) is 0 Å². The molecule has 2 aromatic carbocycles. The Morgan fingerprint density at radius 2 is 1.78 bits per heavy atom. The Morgan fingerprint density at radius 3 is 2.50 bits per heavy atom. The van der Waals surface area contributed by atoms with Gasteiger partial charge < -0.3 is 5.11 Å². The summed E-state index contributed by atoms with van der Waals surface area (Å²) in [6.07, 6.45) is 0.377. The number of fused-ring (bicyclic) bond motifs is 1. The summed E-state index contributed by atoms with van der Waals surface area (Å²) in [5.41, 5.74) is 4.69. The number of halogens is 1.